The van der Waals surface area contributed by atoms with Crippen LogP contribution in [-0.2, 0) is 6.54 Å². The number of aromatic nitrogens is 2. The predicted octanol–water partition coefficient (Wildman–Crippen LogP) is 4.91. The summed E-state index contributed by atoms with van der Waals surface area (Å²) in [5.74, 6) is 1.25. The van der Waals surface area contributed by atoms with E-state index in [4.69, 9.17) is 11.6 Å². The summed E-state index contributed by atoms with van der Waals surface area (Å²) in [6, 6.07) is 4.73. The summed E-state index contributed by atoms with van der Waals surface area (Å²) in [6.07, 6.45) is 2.24. The molecule has 2 aromatic rings. The summed E-state index contributed by atoms with van der Waals surface area (Å²) >= 11 is 6.18. The Morgan fingerprint density at radius 2 is 2.05 bits per heavy atom. The highest BCUT2D eigenvalue weighted by molar-refractivity contribution is 6.20. The summed E-state index contributed by atoms with van der Waals surface area (Å²) in [5, 5.41) is -0.172. The molecule has 0 N–H and O–H groups in total. The number of alkyl halides is 1. The number of fused-ring (bicyclic) bond motifs is 1. The molecule has 0 saturated heterocycles. The summed E-state index contributed by atoms with van der Waals surface area (Å²) in [6.45, 7) is 7.21. The average Bonchev–Trinajstić information content (AvgIpc) is 2.67. The number of aryl methyl sites for hydroxylation is 1. The molecule has 0 aliphatic heterocycles. The molecular weight excluding hydrogens is 263 g/mol. The Balaban J connectivity index is 2.35. The van der Waals surface area contributed by atoms with Crippen LogP contribution in [0.1, 0.15) is 44.8 Å². The van der Waals surface area contributed by atoms with Gasteiger partial charge >= 0.3 is 0 Å². The monoisotopic (exact) mass is 282 g/mol. The minimum atomic E-state index is -0.256. The number of hydrogen-bond donors (Lipinski definition) is 0. The fourth-order valence-corrected chi connectivity index (χ4v) is 2.48. The summed E-state index contributed by atoms with van der Waals surface area (Å²) in [7, 11) is 0. The molecule has 0 bridgehead atoms. The lowest BCUT2D eigenvalue weighted by atomic mass is 10.1. The van der Waals surface area contributed by atoms with E-state index in [1.165, 1.54) is 12.1 Å². The quantitative estimate of drug-likeness (QED) is 0.712. The Labute approximate surface area is 118 Å². The van der Waals surface area contributed by atoms with Gasteiger partial charge in [-0.25, -0.2) is 9.37 Å². The maximum atomic E-state index is 13.3. The van der Waals surface area contributed by atoms with Gasteiger partial charge in [0.05, 0.1) is 16.4 Å². The van der Waals surface area contributed by atoms with Gasteiger partial charge in [0.25, 0.3) is 0 Å². The Kier molecular flexibility index (Phi) is 4.46. The first-order valence-electron chi connectivity index (χ1n) is 6.78. The van der Waals surface area contributed by atoms with Crippen LogP contribution in [0.4, 0.5) is 4.39 Å². The lowest BCUT2D eigenvalue weighted by molar-refractivity contribution is 0.509. The van der Waals surface area contributed by atoms with Crippen molar-refractivity contribution in [2.75, 3.05) is 0 Å². The molecule has 0 radical (unpaired) electrons. The average molecular weight is 283 g/mol. The standard InChI is InChI=1S/C15H20ClFN2/c1-10(2)5-4-8-19-14-7-6-12(17)9-13(14)18-15(19)11(3)16/h6-7,9-11H,4-5,8H2,1-3H3. The van der Waals surface area contributed by atoms with Gasteiger partial charge in [0.2, 0.25) is 0 Å². The van der Waals surface area contributed by atoms with Crippen LogP contribution in [-0.4, -0.2) is 9.55 Å². The third kappa shape index (κ3) is 3.27. The van der Waals surface area contributed by atoms with Crippen molar-refractivity contribution in [3.05, 3.63) is 29.8 Å². The third-order valence-electron chi connectivity index (χ3n) is 3.26. The van der Waals surface area contributed by atoms with Crippen molar-refractivity contribution in [3.63, 3.8) is 0 Å². The number of benzene rings is 1. The fraction of sp³-hybridized carbons (Fsp3) is 0.533. The van der Waals surface area contributed by atoms with E-state index in [1.807, 2.05) is 6.92 Å². The van der Waals surface area contributed by atoms with Crippen molar-refractivity contribution in [3.8, 4) is 0 Å². The molecule has 2 rings (SSSR count). The molecule has 0 amide bonds. The Bertz CT molecular complexity index is 561. The third-order valence-corrected chi connectivity index (χ3v) is 3.45. The van der Waals surface area contributed by atoms with E-state index >= 15 is 0 Å². The van der Waals surface area contributed by atoms with E-state index in [9.17, 15) is 4.39 Å². The first-order valence-corrected chi connectivity index (χ1v) is 7.22. The number of halogens is 2. The van der Waals surface area contributed by atoms with Crippen LogP contribution in [0.3, 0.4) is 0 Å². The lowest BCUT2D eigenvalue weighted by Crippen LogP contribution is -2.05. The fourth-order valence-electron chi connectivity index (χ4n) is 2.32. The maximum Gasteiger partial charge on any atom is 0.127 e. The minimum Gasteiger partial charge on any atom is -0.327 e. The van der Waals surface area contributed by atoms with Gasteiger partial charge < -0.3 is 4.57 Å². The number of hydrogen-bond acceptors (Lipinski definition) is 1. The van der Waals surface area contributed by atoms with Gasteiger partial charge in [-0.3, -0.25) is 0 Å². The number of nitrogens with zero attached hydrogens (tertiary/aromatic N) is 2. The molecule has 0 saturated carbocycles. The minimum absolute atomic E-state index is 0.172. The molecule has 1 aromatic carbocycles. The van der Waals surface area contributed by atoms with E-state index in [2.05, 4.69) is 23.4 Å². The highest BCUT2D eigenvalue weighted by Gasteiger charge is 2.15. The van der Waals surface area contributed by atoms with Gasteiger partial charge in [0.15, 0.2) is 0 Å². The van der Waals surface area contributed by atoms with E-state index in [1.54, 1.807) is 6.07 Å². The Hall–Kier alpha value is -1.09. The van der Waals surface area contributed by atoms with Crippen molar-refractivity contribution in [1.29, 1.82) is 0 Å². The van der Waals surface area contributed by atoms with Gasteiger partial charge in [-0.2, -0.15) is 0 Å². The van der Waals surface area contributed by atoms with Crippen molar-refractivity contribution in [1.82, 2.24) is 9.55 Å². The van der Waals surface area contributed by atoms with Gasteiger partial charge in [0, 0.05) is 12.6 Å². The summed E-state index contributed by atoms with van der Waals surface area (Å²) in [5.41, 5.74) is 1.65. The highest BCUT2D eigenvalue weighted by Crippen LogP contribution is 2.25. The molecule has 0 fully saturated rings. The second kappa shape index (κ2) is 5.91. The van der Waals surface area contributed by atoms with Crippen molar-refractivity contribution in [2.24, 2.45) is 5.92 Å². The van der Waals surface area contributed by atoms with Gasteiger partial charge in [0.1, 0.15) is 11.6 Å². The number of imidazole rings is 1. The second-order valence-electron chi connectivity index (χ2n) is 5.41. The molecule has 0 aliphatic carbocycles. The zero-order valence-electron chi connectivity index (χ0n) is 11.7. The molecule has 19 heavy (non-hydrogen) atoms. The van der Waals surface area contributed by atoms with Crippen molar-refractivity contribution >= 4 is 22.6 Å². The smallest absolute Gasteiger partial charge is 0.127 e. The van der Waals surface area contributed by atoms with Gasteiger partial charge in [-0.1, -0.05) is 13.8 Å². The first kappa shape index (κ1) is 14.3. The predicted molar refractivity (Wildman–Crippen MR) is 78.0 cm³/mol. The molecule has 0 aliphatic rings. The Morgan fingerprint density at radius 3 is 2.68 bits per heavy atom. The van der Waals surface area contributed by atoms with Crippen LogP contribution in [0.2, 0.25) is 0 Å². The maximum absolute atomic E-state index is 13.3. The van der Waals surface area contributed by atoms with Crippen LogP contribution in [0, 0.1) is 11.7 Å². The van der Waals surface area contributed by atoms with E-state index in [-0.39, 0.29) is 11.2 Å². The molecule has 1 heterocycles. The van der Waals surface area contributed by atoms with Crippen molar-refractivity contribution in [2.45, 2.75) is 45.5 Å². The molecule has 2 nitrogen and oxygen atoms in total. The number of rotatable bonds is 5. The normalized spacial score (nSPS) is 13.4. The van der Waals surface area contributed by atoms with E-state index in [0.717, 1.165) is 30.7 Å². The van der Waals surface area contributed by atoms with Crippen LogP contribution < -0.4 is 0 Å². The van der Waals surface area contributed by atoms with Crippen molar-refractivity contribution < 1.29 is 4.39 Å². The molecule has 1 unspecified atom stereocenters. The second-order valence-corrected chi connectivity index (χ2v) is 6.06. The SMILES string of the molecule is CC(C)CCCn1c(C(C)Cl)nc2cc(F)ccc21. The molecule has 1 aromatic heterocycles. The van der Waals surface area contributed by atoms with E-state index < -0.39 is 0 Å². The zero-order chi connectivity index (χ0) is 14.0. The van der Waals surface area contributed by atoms with Crippen LogP contribution >= 0.6 is 11.6 Å². The van der Waals surface area contributed by atoms with Crippen LogP contribution in [0.15, 0.2) is 18.2 Å². The first-order chi connectivity index (χ1) is 8.99. The summed E-state index contributed by atoms with van der Waals surface area (Å²) < 4.78 is 15.4. The van der Waals surface area contributed by atoms with E-state index in [0.29, 0.717) is 11.4 Å². The highest BCUT2D eigenvalue weighted by atomic mass is 35.5. The zero-order valence-corrected chi connectivity index (χ0v) is 12.4. The molecule has 4 heteroatoms. The molecular formula is C15H20ClFN2. The Morgan fingerprint density at radius 1 is 1.32 bits per heavy atom. The molecule has 0 spiro atoms. The molecule has 104 valence electrons. The van der Waals surface area contributed by atoms with Crippen LogP contribution in [0.25, 0.3) is 11.0 Å². The van der Waals surface area contributed by atoms with Gasteiger partial charge in [-0.15, -0.1) is 11.6 Å². The largest absolute Gasteiger partial charge is 0.327 e. The topological polar surface area (TPSA) is 17.8 Å². The van der Waals surface area contributed by atoms with Crippen LogP contribution in [0.5, 0.6) is 0 Å². The molecule has 1 atom stereocenters. The summed E-state index contributed by atoms with van der Waals surface area (Å²) in [4.78, 5) is 4.46. The lowest BCUT2D eigenvalue weighted by Gasteiger charge is -2.11. The van der Waals surface area contributed by atoms with Gasteiger partial charge in [-0.05, 0) is 37.8 Å².